The van der Waals surface area contributed by atoms with Crippen LogP contribution in [0, 0.1) is 12.8 Å². The number of para-hydroxylation sites is 1. The topological polar surface area (TPSA) is 78.9 Å². The highest BCUT2D eigenvalue weighted by atomic mass is 35.5. The van der Waals surface area contributed by atoms with Gasteiger partial charge in [-0.2, -0.15) is 0 Å². The van der Waals surface area contributed by atoms with Gasteiger partial charge in [0, 0.05) is 23.8 Å². The molecule has 1 fully saturated rings. The lowest BCUT2D eigenvalue weighted by molar-refractivity contribution is 0.102. The summed E-state index contributed by atoms with van der Waals surface area (Å²) in [4.78, 5) is 21.6. The van der Waals surface area contributed by atoms with Crippen molar-refractivity contribution in [3.63, 3.8) is 0 Å². The molecule has 3 heterocycles. The van der Waals surface area contributed by atoms with Gasteiger partial charge in [0.15, 0.2) is 5.82 Å². The Morgan fingerprint density at radius 3 is 2.68 bits per heavy atom. The summed E-state index contributed by atoms with van der Waals surface area (Å²) in [7, 11) is 0. The number of rotatable bonds is 6. The first-order valence-corrected chi connectivity index (χ1v) is 10.9. The molecule has 0 bridgehead atoms. The van der Waals surface area contributed by atoms with Gasteiger partial charge in [-0.25, -0.2) is 4.98 Å². The van der Waals surface area contributed by atoms with Gasteiger partial charge >= 0.3 is 0 Å². The van der Waals surface area contributed by atoms with Crippen LogP contribution in [0.5, 0.6) is 0 Å². The Balaban J connectivity index is 1.63. The van der Waals surface area contributed by atoms with Crippen LogP contribution < -0.4 is 16.0 Å². The Kier molecular flexibility index (Phi) is 6.79. The molecule has 1 amide bonds. The van der Waals surface area contributed by atoms with Crippen molar-refractivity contribution in [2.75, 3.05) is 23.7 Å². The van der Waals surface area contributed by atoms with Crippen LogP contribution in [-0.4, -0.2) is 29.0 Å². The minimum atomic E-state index is -0.251. The average Bonchev–Trinajstić information content (AvgIpc) is 2.80. The third-order valence-electron chi connectivity index (χ3n) is 5.61. The number of halogens is 1. The molecule has 3 aromatic rings. The molecule has 6 nitrogen and oxygen atoms in total. The number of carbonyl (C=O) groups is 1. The van der Waals surface area contributed by atoms with Crippen LogP contribution in [0.3, 0.4) is 0 Å². The smallest absolute Gasteiger partial charge is 0.258 e. The number of nitrogens with one attached hydrogen (secondary N) is 3. The molecule has 2 aromatic heterocycles. The van der Waals surface area contributed by atoms with E-state index in [0.29, 0.717) is 22.3 Å². The SMILES string of the molecule is Cc1cc(C(Nc2ccccc2C(=O)Nc2ncccc2Cl)C2CCNCC2)ccn1. The number of pyridine rings is 2. The molecule has 1 aliphatic heterocycles. The van der Waals surface area contributed by atoms with Crippen molar-refractivity contribution in [2.45, 2.75) is 25.8 Å². The highest BCUT2D eigenvalue weighted by Gasteiger charge is 2.26. The first-order valence-electron chi connectivity index (χ1n) is 10.5. The summed E-state index contributed by atoms with van der Waals surface area (Å²) in [5.41, 5.74) is 3.50. The van der Waals surface area contributed by atoms with Crippen molar-refractivity contribution in [3.05, 3.63) is 82.8 Å². The molecule has 0 saturated carbocycles. The van der Waals surface area contributed by atoms with Gasteiger partial charge in [0.1, 0.15) is 0 Å². The zero-order chi connectivity index (χ0) is 21.6. The summed E-state index contributed by atoms with van der Waals surface area (Å²) in [6.07, 6.45) is 5.58. The number of aromatic nitrogens is 2. The molecule has 0 radical (unpaired) electrons. The van der Waals surface area contributed by atoms with Crippen molar-refractivity contribution in [1.82, 2.24) is 15.3 Å². The highest BCUT2D eigenvalue weighted by molar-refractivity contribution is 6.33. The molecule has 0 spiro atoms. The lowest BCUT2D eigenvalue weighted by atomic mass is 9.85. The largest absolute Gasteiger partial charge is 0.377 e. The number of benzene rings is 1. The molecule has 0 aliphatic carbocycles. The second kappa shape index (κ2) is 9.90. The Bertz CT molecular complexity index is 1050. The highest BCUT2D eigenvalue weighted by Crippen LogP contribution is 2.33. The number of aryl methyl sites for hydroxylation is 1. The van der Waals surface area contributed by atoms with Crippen molar-refractivity contribution in [3.8, 4) is 0 Å². The molecule has 1 saturated heterocycles. The number of hydrogen-bond acceptors (Lipinski definition) is 5. The van der Waals surface area contributed by atoms with E-state index in [9.17, 15) is 4.79 Å². The third kappa shape index (κ3) is 5.21. The van der Waals surface area contributed by atoms with Gasteiger partial charge < -0.3 is 16.0 Å². The van der Waals surface area contributed by atoms with Crippen molar-refractivity contribution in [2.24, 2.45) is 5.92 Å². The van der Waals surface area contributed by atoms with E-state index in [1.165, 1.54) is 5.56 Å². The van der Waals surface area contributed by atoms with E-state index in [2.05, 4.69) is 38.1 Å². The van der Waals surface area contributed by atoms with Gasteiger partial charge in [0.2, 0.25) is 0 Å². The van der Waals surface area contributed by atoms with Crippen LogP contribution >= 0.6 is 11.6 Å². The number of nitrogens with zero attached hydrogens (tertiary/aromatic N) is 2. The quantitative estimate of drug-likeness (QED) is 0.516. The second-order valence-corrected chi connectivity index (χ2v) is 8.18. The summed E-state index contributed by atoms with van der Waals surface area (Å²) in [6.45, 7) is 3.99. The van der Waals surface area contributed by atoms with Crippen LogP contribution in [0.2, 0.25) is 5.02 Å². The lowest BCUT2D eigenvalue weighted by Crippen LogP contribution is -2.33. The van der Waals surface area contributed by atoms with Crippen LogP contribution in [-0.2, 0) is 0 Å². The Labute approximate surface area is 187 Å². The monoisotopic (exact) mass is 435 g/mol. The minimum absolute atomic E-state index is 0.0798. The van der Waals surface area contributed by atoms with E-state index in [4.69, 9.17) is 11.6 Å². The van der Waals surface area contributed by atoms with Crippen molar-refractivity contribution < 1.29 is 4.79 Å². The number of carbonyl (C=O) groups excluding carboxylic acids is 1. The molecule has 1 aromatic carbocycles. The molecule has 4 rings (SSSR count). The minimum Gasteiger partial charge on any atom is -0.377 e. The van der Waals surface area contributed by atoms with Gasteiger partial charge in [-0.3, -0.25) is 9.78 Å². The summed E-state index contributed by atoms with van der Waals surface area (Å²) >= 11 is 6.17. The summed E-state index contributed by atoms with van der Waals surface area (Å²) in [6, 6.07) is 15.2. The number of hydrogen-bond donors (Lipinski definition) is 3. The third-order valence-corrected chi connectivity index (χ3v) is 5.91. The molecule has 1 unspecified atom stereocenters. The molecular formula is C24H26ClN5O. The van der Waals surface area contributed by atoms with Gasteiger partial charge in [0.25, 0.3) is 5.91 Å². The van der Waals surface area contributed by atoms with Crippen LogP contribution in [0.25, 0.3) is 0 Å². The Morgan fingerprint density at radius 1 is 1.10 bits per heavy atom. The first-order chi connectivity index (χ1) is 15.1. The Morgan fingerprint density at radius 2 is 1.90 bits per heavy atom. The van der Waals surface area contributed by atoms with Crippen molar-refractivity contribution >= 4 is 29.0 Å². The number of amides is 1. The molecule has 1 atom stereocenters. The van der Waals surface area contributed by atoms with Gasteiger partial charge in [-0.1, -0.05) is 23.7 Å². The zero-order valence-electron chi connectivity index (χ0n) is 17.4. The Hall–Kier alpha value is -2.96. The number of piperidine rings is 1. The average molecular weight is 436 g/mol. The summed E-state index contributed by atoms with van der Waals surface area (Å²) in [5.74, 6) is 0.548. The van der Waals surface area contributed by atoms with E-state index < -0.39 is 0 Å². The maximum absolute atomic E-state index is 13.1. The van der Waals surface area contributed by atoms with Crippen LogP contribution in [0.1, 0.15) is 40.5 Å². The fourth-order valence-corrected chi connectivity index (χ4v) is 4.21. The fourth-order valence-electron chi connectivity index (χ4n) is 4.04. The lowest BCUT2D eigenvalue weighted by Gasteiger charge is -2.33. The molecule has 160 valence electrons. The molecule has 7 heteroatoms. The number of anilines is 2. The van der Waals surface area contributed by atoms with E-state index in [0.717, 1.165) is 37.3 Å². The predicted octanol–water partition coefficient (Wildman–Crippen LogP) is 4.84. The molecular weight excluding hydrogens is 410 g/mol. The zero-order valence-corrected chi connectivity index (χ0v) is 18.2. The fraction of sp³-hybridized carbons (Fsp3) is 0.292. The van der Waals surface area contributed by atoms with Crippen molar-refractivity contribution in [1.29, 1.82) is 0 Å². The maximum atomic E-state index is 13.1. The van der Waals surface area contributed by atoms with E-state index in [1.54, 1.807) is 18.3 Å². The van der Waals surface area contributed by atoms with E-state index in [-0.39, 0.29) is 11.9 Å². The van der Waals surface area contributed by atoms with E-state index in [1.807, 2.05) is 37.4 Å². The predicted molar refractivity (Wildman–Crippen MR) is 125 cm³/mol. The molecule has 1 aliphatic rings. The van der Waals surface area contributed by atoms with Gasteiger partial charge in [-0.05, 0) is 80.7 Å². The standard InChI is InChI=1S/C24H26ClN5O/c1-16-15-18(10-14-27-16)22(17-8-12-26-13-9-17)29-21-7-3-2-5-19(21)24(31)30-23-20(25)6-4-11-28-23/h2-7,10-11,14-15,17,22,26,29H,8-9,12-13H2,1H3,(H,28,30,31). The molecule has 31 heavy (non-hydrogen) atoms. The maximum Gasteiger partial charge on any atom is 0.258 e. The summed E-state index contributed by atoms with van der Waals surface area (Å²) in [5, 5.41) is 10.3. The normalized spacial score (nSPS) is 15.3. The van der Waals surface area contributed by atoms with Crippen LogP contribution in [0.15, 0.2) is 60.9 Å². The molecule has 3 N–H and O–H groups in total. The first kappa shape index (κ1) is 21.3. The van der Waals surface area contributed by atoms with Crippen LogP contribution in [0.4, 0.5) is 11.5 Å². The van der Waals surface area contributed by atoms with Gasteiger partial charge in [-0.15, -0.1) is 0 Å². The van der Waals surface area contributed by atoms with E-state index >= 15 is 0 Å². The second-order valence-electron chi connectivity index (χ2n) is 7.77. The van der Waals surface area contributed by atoms with Gasteiger partial charge in [0.05, 0.1) is 16.6 Å². The summed E-state index contributed by atoms with van der Waals surface area (Å²) < 4.78 is 0.